The molecule has 2 aromatic carbocycles. The van der Waals surface area contributed by atoms with E-state index in [9.17, 15) is 4.79 Å². The second kappa shape index (κ2) is 8.81. The first-order valence-electron chi connectivity index (χ1n) is 11.2. The van der Waals surface area contributed by atoms with Crippen molar-refractivity contribution in [3.8, 4) is 17.2 Å². The van der Waals surface area contributed by atoms with Gasteiger partial charge in [-0.05, 0) is 42.7 Å². The van der Waals surface area contributed by atoms with Gasteiger partial charge in [-0.2, -0.15) is 0 Å². The Labute approximate surface area is 185 Å². The highest BCUT2D eigenvalue weighted by Crippen LogP contribution is 2.37. The predicted octanol–water partition coefficient (Wildman–Crippen LogP) is 5.22. The van der Waals surface area contributed by atoms with E-state index in [1.165, 1.54) is 5.56 Å². The minimum atomic E-state index is 0.00513. The van der Waals surface area contributed by atoms with Crippen molar-refractivity contribution >= 4 is 11.5 Å². The second-order valence-corrected chi connectivity index (χ2v) is 9.72. The number of carbonyl (C=O) groups is 1. The molecule has 4 rings (SSSR count). The van der Waals surface area contributed by atoms with E-state index in [0.717, 1.165) is 42.4 Å². The lowest BCUT2D eigenvalue weighted by Gasteiger charge is -2.21. The van der Waals surface area contributed by atoms with Crippen LogP contribution in [-0.2, 0) is 4.79 Å². The van der Waals surface area contributed by atoms with E-state index in [4.69, 9.17) is 14.2 Å². The Bertz CT molecular complexity index is 922. The Morgan fingerprint density at radius 2 is 1.84 bits per heavy atom. The lowest BCUT2D eigenvalue weighted by molar-refractivity contribution is -0.117. The highest BCUT2D eigenvalue weighted by atomic mass is 16.5. The number of hydrogen-bond donors (Lipinski definition) is 0. The summed E-state index contributed by atoms with van der Waals surface area (Å²) in [4.78, 5) is 13.7. The molecule has 1 unspecified atom stereocenters. The van der Waals surface area contributed by atoms with Gasteiger partial charge in [-0.1, -0.05) is 32.9 Å². The van der Waals surface area contributed by atoms with Gasteiger partial charge < -0.3 is 23.9 Å². The Balaban J connectivity index is 1.36. The van der Waals surface area contributed by atoms with E-state index >= 15 is 0 Å². The lowest BCUT2D eigenvalue weighted by atomic mass is 9.96. The van der Waals surface area contributed by atoms with Gasteiger partial charge in [-0.3, -0.25) is 0 Å². The van der Waals surface area contributed by atoms with E-state index in [1.54, 1.807) is 6.92 Å². The predicted molar refractivity (Wildman–Crippen MR) is 123 cm³/mol. The fourth-order valence-corrected chi connectivity index (χ4v) is 4.19. The summed E-state index contributed by atoms with van der Waals surface area (Å²) >= 11 is 0. The molecule has 166 valence electrons. The Morgan fingerprint density at radius 1 is 1.13 bits per heavy atom. The number of Topliss-reactive ketones (excluding diaryl/α,β-unsaturated/α-hetero) is 1. The molecule has 0 spiro atoms. The summed E-state index contributed by atoms with van der Waals surface area (Å²) in [5.41, 5.74) is 2.32. The molecule has 2 heterocycles. The van der Waals surface area contributed by atoms with Gasteiger partial charge in [0.2, 0.25) is 0 Å². The first-order valence-corrected chi connectivity index (χ1v) is 11.2. The molecule has 0 radical (unpaired) electrons. The van der Waals surface area contributed by atoms with Crippen LogP contribution in [0.2, 0.25) is 0 Å². The third kappa shape index (κ3) is 5.33. The van der Waals surface area contributed by atoms with Gasteiger partial charge in [0.1, 0.15) is 17.6 Å². The number of anilines is 1. The smallest absolute Gasteiger partial charge is 0.163 e. The van der Waals surface area contributed by atoms with Crippen molar-refractivity contribution in [1.82, 2.24) is 0 Å². The zero-order valence-electron chi connectivity index (χ0n) is 19.0. The summed E-state index contributed by atoms with van der Waals surface area (Å²) in [7, 11) is 0. The van der Waals surface area contributed by atoms with Crippen LogP contribution in [0.3, 0.4) is 0 Å². The number of ether oxygens (including phenoxy) is 3. The van der Waals surface area contributed by atoms with Gasteiger partial charge in [0.25, 0.3) is 0 Å². The topological polar surface area (TPSA) is 48.0 Å². The summed E-state index contributed by atoms with van der Waals surface area (Å²) in [6.07, 6.45) is 1.70. The third-order valence-corrected chi connectivity index (χ3v) is 6.02. The summed E-state index contributed by atoms with van der Waals surface area (Å²) < 4.78 is 18.2. The van der Waals surface area contributed by atoms with E-state index in [0.29, 0.717) is 19.6 Å². The molecule has 5 nitrogen and oxygen atoms in total. The molecule has 0 aliphatic carbocycles. The van der Waals surface area contributed by atoms with Crippen molar-refractivity contribution in [2.24, 2.45) is 5.41 Å². The molecule has 0 N–H and O–H groups in total. The van der Waals surface area contributed by atoms with Crippen molar-refractivity contribution in [3.63, 3.8) is 0 Å². The summed E-state index contributed by atoms with van der Waals surface area (Å²) in [6.45, 7) is 11.1. The largest absolute Gasteiger partial charge is 0.489 e. The maximum absolute atomic E-state index is 11.4. The monoisotopic (exact) mass is 423 g/mol. The van der Waals surface area contributed by atoms with E-state index < -0.39 is 0 Å². The Morgan fingerprint density at radius 3 is 2.55 bits per heavy atom. The first-order chi connectivity index (χ1) is 14.8. The zero-order chi connectivity index (χ0) is 22.0. The quantitative estimate of drug-likeness (QED) is 0.637. The normalized spacial score (nSPS) is 20.8. The van der Waals surface area contributed by atoms with E-state index in [1.807, 2.05) is 18.2 Å². The van der Waals surface area contributed by atoms with Gasteiger partial charge in [-0.25, -0.2) is 0 Å². The summed E-state index contributed by atoms with van der Waals surface area (Å²) in [5, 5.41) is 0. The van der Waals surface area contributed by atoms with Crippen LogP contribution in [0, 0.1) is 5.41 Å². The maximum atomic E-state index is 11.4. The number of carbonyl (C=O) groups excluding carboxylic acids is 1. The van der Waals surface area contributed by atoms with E-state index in [-0.39, 0.29) is 23.2 Å². The van der Waals surface area contributed by atoms with Gasteiger partial charge >= 0.3 is 0 Å². The van der Waals surface area contributed by atoms with Gasteiger partial charge in [0.15, 0.2) is 11.5 Å². The fourth-order valence-electron chi connectivity index (χ4n) is 4.19. The van der Waals surface area contributed by atoms with Crippen LogP contribution < -0.4 is 19.1 Å². The lowest BCUT2D eigenvalue weighted by Crippen LogP contribution is -2.26. The van der Waals surface area contributed by atoms with Gasteiger partial charge in [-0.15, -0.1) is 0 Å². The van der Waals surface area contributed by atoms with Crippen LogP contribution in [0.1, 0.15) is 52.0 Å². The SMILES string of the molecule is CC(=O)C[C@@H](C)c1ccc(OC2CCN(c3ccc4c(c3)OCC(C)(C)CO4)C2)cc1. The average molecular weight is 424 g/mol. The average Bonchev–Trinajstić information content (AvgIpc) is 3.13. The number of nitrogens with zero attached hydrogens (tertiary/aromatic N) is 1. The standard InChI is InChI=1S/C26H33NO4/c1-18(13-19(2)28)20-5-8-22(9-6-20)31-23-11-12-27(15-23)21-7-10-24-25(14-21)30-17-26(3,4)16-29-24/h5-10,14,18,23H,11-13,15-17H2,1-4H3/t18-,23?/m1/s1. The minimum Gasteiger partial charge on any atom is -0.489 e. The van der Waals surface area contributed by atoms with Crippen molar-refractivity contribution in [2.75, 3.05) is 31.2 Å². The molecule has 2 aliphatic heterocycles. The molecule has 0 aromatic heterocycles. The molecule has 0 bridgehead atoms. The maximum Gasteiger partial charge on any atom is 0.163 e. The summed E-state index contributed by atoms with van der Waals surface area (Å²) in [6, 6.07) is 14.4. The third-order valence-electron chi connectivity index (χ3n) is 6.02. The molecule has 2 aliphatic rings. The molecular weight excluding hydrogens is 390 g/mol. The fraction of sp³-hybridized carbons (Fsp3) is 0.500. The molecule has 5 heteroatoms. The number of fused-ring (bicyclic) bond motifs is 1. The Kier molecular flexibility index (Phi) is 6.12. The molecule has 2 aromatic rings. The molecule has 2 atom stereocenters. The number of rotatable bonds is 6. The summed E-state index contributed by atoms with van der Waals surface area (Å²) in [5.74, 6) is 2.98. The van der Waals surface area contributed by atoms with Crippen molar-refractivity contribution in [1.29, 1.82) is 0 Å². The van der Waals surface area contributed by atoms with Crippen LogP contribution in [0.15, 0.2) is 42.5 Å². The van der Waals surface area contributed by atoms with Crippen molar-refractivity contribution in [3.05, 3.63) is 48.0 Å². The number of hydrogen-bond acceptors (Lipinski definition) is 5. The van der Waals surface area contributed by atoms with Crippen molar-refractivity contribution in [2.45, 2.75) is 52.6 Å². The minimum absolute atomic E-state index is 0.00513. The number of benzene rings is 2. The Hall–Kier alpha value is -2.69. The van der Waals surface area contributed by atoms with Gasteiger partial charge in [0, 0.05) is 36.6 Å². The van der Waals surface area contributed by atoms with Crippen LogP contribution in [-0.4, -0.2) is 38.2 Å². The number of ketones is 1. The highest BCUT2D eigenvalue weighted by molar-refractivity contribution is 5.76. The van der Waals surface area contributed by atoms with Crippen LogP contribution in [0.25, 0.3) is 0 Å². The first kappa shape index (κ1) is 21.5. The second-order valence-electron chi connectivity index (χ2n) is 9.72. The van der Waals surface area contributed by atoms with Crippen LogP contribution in [0.4, 0.5) is 5.69 Å². The van der Waals surface area contributed by atoms with Crippen molar-refractivity contribution < 1.29 is 19.0 Å². The van der Waals surface area contributed by atoms with Crippen LogP contribution >= 0.6 is 0 Å². The van der Waals surface area contributed by atoms with Gasteiger partial charge in [0.05, 0.1) is 19.8 Å². The molecular formula is C26H33NO4. The zero-order valence-corrected chi connectivity index (χ0v) is 19.0. The molecule has 1 saturated heterocycles. The van der Waals surface area contributed by atoms with Crippen LogP contribution in [0.5, 0.6) is 17.2 Å². The molecule has 0 saturated carbocycles. The van der Waals surface area contributed by atoms with E-state index in [2.05, 4.69) is 49.9 Å². The molecule has 0 amide bonds. The molecule has 31 heavy (non-hydrogen) atoms. The highest BCUT2D eigenvalue weighted by Gasteiger charge is 2.28. The molecule has 1 fully saturated rings.